The molecule has 0 N–H and O–H groups in total. The molecule has 0 saturated carbocycles. The van der Waals surface area contributed by atoms with Gasteiger partial charge in [-0.1, -0.05) is 91.4 Å². The van der Waals surface area contributed by atoms with Crippen LogP contribution >= 0.6 is 0 Å². The van der Waals surface area contributed by atoms with Crippen LogP contribution in [0.15, 0.2) is 0 Å². The quantitative estimate of drug-likeness (QED) is 0.0307. The van der Waals surface area contributed by atoms with Crippen LogP contribution in [0.25, 0.3) is 0 Å². The Morgan fingerprint density at radius 2 is 1.06 bits per heavy atom. The van der Waals surface area contributed by atoms with Crippen LogP contribution in [0.1, 0.15) is 156 Å². The molecule has 0 aliphatic carbocycles. The molecule has 1 aliphatic rings. The highest BCUT2D eigenvalue weighted by Gasteiger charge is 2.41. The molecular formula is C39H65NO11. The van der Waals surface area contributed by atoms with Crippen molar-refractivity contribution in [2.24, 2.45) is 11.8 Å². The Morgan fingerprint density at radius 3 is 1.59 bits per heavy atom. The fraction of sp³-hybridized carbons (Fsp3) is 0.821. The van der Waals surface area contributed by atoms with Crippen LogP contribution in [0.3, 0.4) is 0 Å². The molecule has 1 saturated heterocycles. The number of esters is 3. The second kappa shape index (κ2) is 29.3. The number of ketones is 1. The number of unbranched alkanes of at least 4 members (excludes halogenated alkanes) is 11. The lowest BCUT2D eigenvalue weighted by Gasteiger charge is -2.21. The number of nitrogens with zero attached hydrogens (tertiary/aromatic N) is 1. The summed E-state index contributed by atoms with van der Waals surface area (Å²) >= 11 is 0. The molecule has 3 unspecified atom stereocenters. The number of hydrogen-bond donors (Lipinski definition) is 0. The first-order valence-electron chi connectivity index (χ1n) is 19.5. The fourth-order valence-corrected chi connectivity index (χ4v) is 6.12. The van der Waals surface area contributed by atoms with E-state index in [-0.39, 0.29) is 70.6 Å². The van der Waals surface area contributed by atoms with Gasteiger partial charge in [-0.05, 0) is 31.1 Å². The van der Waals surface area contributed by atoms with Crippen LogP contribution < -0.4 is 0 Å². The maximum absolute atomic E-state index is 13.3. The maximum Gasteiger partial charge on any atom is 0.410 e. The highest BCUT2D eigenvalue weighted by molar-refractivity contribution is 5.81. The van der Waals surface area contributed by atoms with E-state index in [1.165, 1.54) is 30.6 Å². The molecule has 3 atom stereocenters. The molecule has 1 fully saturated rings. The van der Waals surface area contributed by atoms with Crippen molar-refractivity contribution in [1.82, 2.24) is 4.90 Å². The second-order valence-corrected chi connectivity index (χ2v) is 13.8. The van der Waals surface area contributed by atoms with E-state index in [1.807, 2.05) is 6.92 Å². The van der Waals surface area contributed by atoms with E-state index in [0.717, 1.165) is 57.8 Å². The molecule has 0 aromatic carbocycles. The Morgan fingerprint density at radius 1 is 0.569 bits per heavy atom. The first-order chi connectivity index (χ1) is 24.7. The van der Waals surface area contributed by atoms with Crippen molar-refractivity contribution >= 4 is 42.4 Å². The minimum atomic E-state index is -1.02. The van der Waals surface area contributed by atoms with Crippen LogP contribution in [-0.2, 0) is 47.7 Å². The maximum atomic E-state index is 13.3. The SMILES string of the molecule is CCCCCCCCCC(=O)CC(CC(=O)OCCCCCCCC)CC(=O)OC1CN(C(=O)OCCC)CC1OC(=O)CC(CC=O)CC=O. The zero-order chi connectivity index (χ0) is 37.7. The number of rotatable bonds is 31. The Bertz CT molecular complexity index is 991. The first kappa shape index (κ1) is 45.7. The number of Topliss-reactive ketones (excluding diaryl/α,β-unsaturated/α-hetero) is 1. The minimum Gasteiger partial charge on any atom is -0.466 e. The summed E-state index contributed by atoms with van der Waals surface area (Å²) in [7, 11) is 0. The summed E-state index contributed by atoms with van der Waals surface area (Å²) in [5.41, 5.74) is 0. The summed E-state index contributed by atoms with van der Waals surface area (Å²) in [4.78, 5) is 87.8. The number of amides is 1. The first-order valence-corrected chi connectivity index (χ1v) is 19.5. The molecule has 292 valence electrons. The van der Waals surface area contributed by atoms with Gasteiger partial charge in [0.15, 0.2) is 12.2 Å². The number of aldehydes is 2. The molecule has 1 amide bonds. The lowest BCUT2D eigenvalue weighted by atomic mass is 9.93. The van der Waals surface area contributed by atoms with Gasteiger partial charge in [0.1, 0.15) is 18.4 Å². The van der Waals surface area contributed by atoms with Crippen molar-refractivity contribution in [2.45, 2.75) is 168 Å². The van der Waals surface area contributed by atoms with Crippen LogP contribution in [0.5, 0.6) is 0 Å². The normalized spacial score (nSPS) is 16.0. The Balaban J connectivity index is 2.91. The third kappa shape index (κ3) is 22.3. The summed E-state index contributed by atoms with van der Waals surface area (Å²) in [6, 6.07) is 0. The van der Waals surface area contributed by atoms with Gasteiger partial charge in [0.2, 0.25) is 0 Å². The number of carbonyl (C=O) groups excluding carboxylic acids is 7. The Kier molecular flexibility index (Phi) is 26.2. The molecule has 0 aromatic heterocycles. The van der Waals surface area contributed by atoms with Gasteiger partial charge in [-0.2, -0.15) is 0 Å². The van der Waals surface area contributed by atoms with E-state index < -0.39 is 48.0 Å². The third-order valence-electron chi connectivity index (χ3n) is 9.03. The molecule has 0 spiro atoms. The van der Waals surface area contributed by atoms with Gasteiger partial charge in [0, 0.05) is 44.9 Å². The molecule has 1 aliphatic heterocycles. The third-order valence-corrected chi connectivity index (χ3v) is 9.03. The predicted molar refractivity (Wildman–Crippen MR) is 192 cm³/mol. The predicted octanol–water partition coefficient (Wildman–Crippen LogP) is 7.26. The Labute approximate surface area is 305 Å². The van der Waals surface area contributed by atoms with E-state index in [9.17, 15) is 33.6 Å². The van der Waals surface area contributed by atoms with Crippen LogP contribution in [-0.4, -0.2) is 85.8 Å². The molecule has 1 heterocycles. The van der Waals surface area contributed by atoms with E-state index in [4.69, 9.17) is 18.9 Å². The van der Waals surface area contributed by atoms with Crippen LogP contribution in [0, 0.1) is 11.8 Å². The molecule has 12 heteroatoms. The monoisotopic (exact) mass is 723 g/mol. The second-order valence-electron chi connectivity index (χ2n) is 13.8. The lowest BCUT2D eigenvalue weighted by Crippen LogP contribution is -2.35. The smallest absolute Gasteiger partial charge is 0.410 e. The van der Waals surface area contributed by atoms with Crippen molar-refractivity contribution in [2.75, 3.05) is 26.3 Å². The molecule has 12 nitrogen and oxygen atoms in total. The van der Waals surface area contributed by atoms with Gasteiger partial charge in [-0.15, -0.1) is 0 Å². The summed E-state index contributed by atoms with van der Waals surface area (Å²) in [5, 5.41) is 0. The standard InChI is InChI=1S/C39H65NO11/c1-4-7-9-11-13-14-16-18-33(43)25-32(27-36(44)48-24-17-15-12-10-8-5-2)28-38(46)51-35-30-40(39(47)49-23-6-3)29-34(35)50-37(45)26-31(19-21-41)20-22-42/h21-22,31-32,34-35H,4-20,23-30H2,1-3H3. The van der Waals surface area contributed by atoms with Gasteiger partial charge in [0.25, 0.3) is 0 Å². The average Bonchev–Trinajstić information content (AvgIpc) is 3.47. The summed E-state index contributed by atoms with van der Waals surface area (Å²) in [5.74, 6) is -3.04. The average molecular weight is 724 g/mol. The minimum absolute atomic E-state index is 0.00680. The Hall–Kier alpha value is -3.31. The summed E-state index contributed by atoms with van der Waals surface area (Å²) in [6.07, 6.45) is 12.8. The van der Waals surface area contributed by atoms with E-state index in [1.54, 1.807) is 0 Å². The van der Waals surface area contributed by atoms with Crippen molar-refractivity contribution in [3.05, 3.63) is 0 Å². The van der Waals surface area contributed by atoms with Gasteiger partial charge >= 0.3 is 24.0 Å². The molecule has 51 heavy (non-hydrogen) atoms. The summed E-state index contributed by atoms with van der Waals surface area (Å²) in [6.45, 7) is 6.48. The van der Waals surface area contributed by atoms with E-state index in [2.05, 4.69) is 13.8 Å². The van der Waals surface area contributed by atoms with Gasteiger partial charge in [-0.25, -0.2) is 4.79 Å². The molecule has 0 radical (unpaired) electrons. The number of ether oxygens (including phenoxy) is 4. The van der Waals surface area contributed by atoms with E-state index in [0.29, 0.717) is 25.4 Å². The van der Waals surface area contributed by atoms with Gasteiger partial charge < -0.3 is 33.4 Å². The highest BCUT2D eigenvalue weighted by Crippen LogP contribution is 2.24. The van der Waals surface area contributed by atoms with Crippen molar-refractivity contribution < 1.29 is 52.5 Å². The lowest BCUT2D eigenvalue weighted by molar-refractivity contribution is -0.165. The number of likely N-dealkylation sites (tertiary alicyclic amines) is 1. The zero-order valence-corrected chi connectivity index (χ0v) is 31.6. The fourth-order valence-electron chi connectivity index (χ4n) is 6.12. The molecule has 0 bridgehead atoms. The van der Waals surface area contributed by atoms with E-state index >= 15 is 0 Å². The molecule has 0 aromatic rings. The van der Waals surface area contributed by atoms with Gasteiger partial charge in [0.05, 0.1) is 26.3 Å². The number of carbonyl (C=O) groups is 7. The highest BCUT2D eigenvalue weighted by atomic mass is 16.6. The number of hydrogen-bond acceptors (Lipinski definition) is 11. The van der Waals surface area contributed by atoms with Crippen molar-refractivity contribution in [3.8, 4) is 0 Å². The molecule has 1 rings (SSSR count). The van der Waals surface area contributed by atoms with Gasteiger partial charge in [-0.3, -0.25) is 19.2 Å². The van der Waals surface area contributed by atoms with Crippen LogP contribution in [0.4, 0.5) is 4.79 Å². The van der Waals surface area contributed by atoms with Crippen LogP contribution in [0.2, 0.25) is 0 Å². The molecular weight excluding hydrogens is 658 g/mol. The van der Waals surface area contributed by atoms with Crippen molar-refractivity contribution in [1.29, 1.82) is 0 Å². The topological polar surface area (TPSA) is 160 Å². The largest absolute Gasteiger partial charge is 0.466 e. The zero-order valence-electron chi connectivity index (χ0n) is 31.6. The van der Waals surface area contributed by atoms with Crippen molar-refractivity contribution in [3.63, 3.8) is 0 Å². The summed E-state index contributed by atoms with van der Waals surface area (Å²) < 4.78 is 22.1.